The lowest BCUT2D eigenvalue weighted by molar-refractivity contribution is 0.0973. The summed E-state index contributed by atoms with van der Waals surface area (Å²) in [6.07, 6.45) is 6.72. The van der Waals surface area contributed by atoms with Crippen LogP contribution in [0.4, 0.5) is 0 Å². The molecule has 4 nitrogen and oxygen atoms in total. The molecule has 0 amide bonds. The van der Waals surface area contributed by atoms with E-state index in [1.807, 2.05) is 0 Å². The maximum absolute atomic E-state index is 11.9. The standard InChI is InChI=1S/C15H22O4/c1-2-3-4-5-6-7-8-12(17)15-13(18)9-11(16)10-14(15)19/h9-10,16,18-19H,2-8H2,1H3. The van der Waals surface area contributed by atoms with Crippen molar-refractivity contribution in [1.29, 1.82) is 0 Å². The number of Topliss-reactive ketones (excluding diaryl/α,β-unsaturated/α-hetero) is 1. The zero-order valence-electron chi connectivity index (χ0n) is 11.4. The predicted octanol–water partition coefficient (Wildman–Crippen LogP) is 3.74. The number of hydrogen-bond donors (Lipinski definition) is 3. The zero-order valence-corrected chi connectivity index (χ0v) is 11.4. The summed E-state index contributed by atoms with van der Waals surface area (Å²) in [4.78, 5) is 11.9. The average molecular weight is 266 g/mol. The Labute approximate surface area is 113 Å². The third kappa shape index (κ3) is 4.81. The Balaban J connectivity index is 2.46. The molecule has 0 fully saturated rings. The van der Waals surface area contributed by atoms with Crippen LogP contribution >= 0.6 is 0 Å². The lowest BCUT2D eigenvalue weighted by Gasteiger charge is -2.07. The van der Waals surface area contributed by atoms with Crippen LogP contribution in [-0.2, 0) is 0 Å². The van der Waals surface area contributed by atoms with Crippen LogP contribution in [0.25, 0.3) is 0 Å². The van der Waals surface area contributed by atoms with Crippen molar-refractivity contribution in [2.75, 3.05) is 0 Å². The van der Waals surface area contributed by atoms with E-state index in [2.05, 4.69) is 6.92 Å². The number of benzene rings is 1. The van der Waals surface area contributed by atoms with Gasteiger partial charge in [-0.25, -0.2) is 0 Å². The molecule has 1 aromatic rings. The number of aromatic hydroxyl groups is 3. The molecule has 0 aliphatic carbocycles. The number of rotatable bonds is 8. The molecule has 0 spiro atoms. The van der Waals surface area contributed by atoms with Crippen molar-refractivity contribution in [3.8, 4) is 17.2 Å². The monoisotopic (exact) mass is 266 g/mol. The number of hydrogen-bond acceptors (Lipinski definition) is 4. The lowest BCUT2D eigenvalue weighted by atomic mass is 10.0. The quantitative estimate of drug-likeness (QED) is 0.495. The van der Waals surface area contributed by atoms with Crippen molar-refractivity contribution in [3.63, 3.8) is 0 Å². The minimum atomic E-state index is -0.367. The van der Waals surface area contributed by atoms with E-state index in [-0.39, 0.29) is 28.6 Å². The summed E-state index contributed by atoms with van der Waals surface area (Å²) in [5, 5.41) is 28.3. The minimum Gasteiger partial charge on any atom is -0.508 e. The van der Waals surface area contributed by atoms with Crippen molar-refractivity contribution in [2.45, 2.75) is 51.9 Å². The van der Waals surface area contributed by atoms with Gasteiger partial charge in [0.2, 0.25) is 0 Å². The summed E-state index contributed by atoms with van der Waals surface area (Å²) in [6, 6.07) is 2.13. The third-order valence-corrected chi connectivity index (χ3v) is 3.12. The number of carbonyl (C=O) groups excluding carboxylic acids is 1. The van der Waals surface area contributed by atoms with Gasteiger partial charge in [0.25, 0.3) is 0 Å². The Morgan fingerprint density at radius 1 is 0.947 bits per heavy atom. The molecule has 106 valence electrons. The van der Waals surface area contributed by atoms with Crippen LogP contribution in [0.15, 0.2) is 12.1 Å². The maximum atomic E-state index is 11.9. The Morgan fingerprint density at radius 3 is 2.05 bits per heavy atom. The molecule has 0 atom stereocenters. The second-order valence-corrected chi connectivity index (χ2v) is 4.80. The Kier molecular flexibility index (Phi) is 6.19. The van der Waals surface area contributed by atoms with E-state index in [1.165, 1.54) is 19.3 Å². The summed E-state index contributed by atoms with van der Waals surface area (Å²) < 4.78 is 0. The first kappa shape index (κ1) is 15.3. The highest BCUT2D eigenvalue weighted by molar-refractivity contribution is 6.01. The van der Waals surface area contributed by atoms with E-state index in [1.54, 1.807) is 0 Å². The van der Waals surface area contributed by atoms with Crippen molar-refractivity contribution >= 4 is 5.78 Å². The summed E-state index contributed by atoms with van der Waals surface area (Å²) in [5.41, 5.74) is -0.0913. The lowest BCUT2D eigenvalue weighted by Crippen LogP contribution is -2.00. The van der Waals surface area contributed by atoms with Crippen LogP contribution in [0.1, 0.15) is 62.2 Å². The molecule has 1 aromatic carbocycles. The van der Waals surface area contributed by atoms with E-state index < -0.39 is 0 Å². The predicted molar refractivity (Wildman–Crippen MR) is 73.8 cm³/mol. The van der Waals surface area contributed by atoms with E-state index in [0.717, 1.165) is 31.4 Å². The molecular formula is C15H22O4. The number of ketones is 1. The van der Waals surface area contributed by atoms with E-state index in [9.17, 15) is 15.0 Å². The largest absolute Gasteiger partial charge is 0.508 e. The van der Waals surface area contributed by atoms with Gasteiger partial charge in [0.1, 0.15) is 22.8 Å². The van der Waals surface area contributed by atoms with Gasteiger partial charge >= 0.3 is 0 Å². The van der Waals surface area contributed by atoms with Crippen LogP contribution < -0.4 is 0 Å². The molecule has 0 heterocycles. The molecule has 1 rings (SSSR count). The normalized spacial score (nSPS) is 10.6. The molecule has 0 unspecified atom stereocenters. The number of unbranched alkanes of at least 4 members (excludes halogenated alkanes) is 5. The molecule has 0 aliphatic rings. The number of phenolic OH excluding ortho intramolecular Hbond substituents is 3. The fraction of sp³-hybridized carbons (Fsp3) is 0.533. The Morgan fingerprint density at radius 2 is 1.47 bits per heavy atom. The summed E-state index contributed by atoms with van der Waals surface area (Å²) in [5.74, 6) is -1.28. The van der Waals surface area contributed by atoms with Crippen LogP contribution in [0, 0.1) is 0 Å². The van der Waals surface area contributed by atoms with Gasteiger partial charge in [0, 0.05) is 18.6 Å². The van der Waals surface area contributed by atoms with Crippen molar-refractivity contribution in [3.05, 3.63) is 17.7 Å². The summed E-state index contributed by atoms with van der Waals surface area (Å²) in [6.45, 7) is 2.15. The molecule has 0 saturated carbocycles. The highest BCUT2D eigenvalue weighted by Gasteiger charge is 2.17. The maximum Gasteiger partial charge on any atom is 0.170 e. The van der Waals surface area contributed by atoms with Gasteiger partial charge in [-0.15, -0.1) is 0 Å². The van der Waals surface area contributed by atoms with Crippen LogP contribution in [0.5, 0.6) is 17.2 Å². The second kappa shape index (κ2) is 7.67. The van der Waals surface area contributed by atoms with Crippen LogP contribution in [0.3, 0.4) is 0 Å². The molecule has 0 radical (unpaired) electrons. The van der Waals surface area contributed by atoms with Gasteiger partial charge in [-0.3, -0.25) is 4.79 Å². The fourth-order valence-corrected chi connectivity index (χ4v) is 2.07. The molecule has 3 N–H and O–H groups in total. The highest BCUT2D eigenvalue weighted by atomic mass is 16.3. The first-order valence-electron chi connectivity index (χ1n) is 6.84. The first-order valence-corrected chi connectivity index (χ1v) is 6.84. The average Bonchev–Trinajstić information content (AvgIpc) is 2.32. The highest BCUT2D eigenvalue weighted by Crippen LogP contribution is 2.33. The van der Waals surface area contributed by atoms with E-state index >= 15 is 0 Å². The smallest absolute Gasteiger partial charge is 0.170 e. The molecule has 0 saturated heterocycles. The third-order valence-electron chi connectivity index (χ3n) is 3.12. The molecule has 0 aromatic heterocycles. The Hall–Kier alpha value is -1.71. The number of phenols is 3. The second-order valence-electron chi connectivity index (χ2n) is 4.80. The topological polar surface area (TPSA) is 77.8 Å². The van der Waals surface area contributed by atoms with Gasteiger partial charge in [0.15, 0.2) is 5.78 Å². The number of carbonyl (C=O) groups is 1. The SMILES string of the molecule is CCCCCCCCC(=O)c1c(O)cc(O)cc1O. The van der Waals surface area contributed by atoms with Crippen LogP contribution in [0.2, 0.25) is 0 Å². The first-order chi connectivity index (χ1) is 9.06. The zero-order chi connectivity index (χ0) is 14.3. The van der Waals surface area contributed by atoms with Crippen LogP contribution in [-0.4, -0.2) is 21.1 Å². The molecular weight excluding hydrogens is 244 g/mol. The molecule has 4 heteroatoms. The summed E-state index contributed by atoms with van der Waals surface area (Å²) >= 11 is 0. The molecule has 19 heavy (non-hydrogen) atoms. The van der Waals surface area contributed by atoms with E-state index in [4.69, 9.17) is 5.11 Å². The van der Waals surface area contributed by atoms with Crippen molar-refractivity contribution in [2.24, 2.45) is 0 Å². The molecule has 0 aliphatic heterocycles. The van der Waals surface area contributed by atoms with Gasteiger partial charge in [-0.1, -0.05) is 39.0 Å². The van der Waals surface area contributed by atoms with Gasteiger partial charge < -0.3 is 15.3 Å². The van der Waals surface area contributed by atoms with Gasteiger partial charge in [-0.05, 0) is 6.42 Å². The van der Waals surface area contributed by atoms with Gasteiger partial charge in [0.05, 0.1) is 0 Å². The summed E-state index contributed by atoms with van der Waals surface area (Å²) in [7, 11) is 0. The van der Waals surface area contributed by atoms with Crippen molar-refractivity contribution in [1.82, 2.24) is 0 Å². The van der Waals surface area contributed by atoms with Crippen molar-refractivity contribution < 1.29 is 20.1 Å². The fourth-order valence-electron chi connectivity index (χ4n) is 2.07. The minimum absolute atomic E-state index is 0.0913. The molecule has 0 bridgehead atoms. The van der Waals surface area contributed by atoms with E-state index in [0.29, 0.717) is 6.42 Å². The Bertz CT molecular complexity index is 403. The van der Waals surface area contributed by atoms with Gasteiger partial charge in [-0.2, -0.15) is 0 Å².